The summed E-state index contributed by atoms with van der Waals surface area (Å²) in [4.78, 5) is 3.20. The molecule has 0 amide bonds. The highest BCUT2D eigenvalue weighted by Gasteiger charge is 2.03. The van der Waals surface area contributed by atoms with Crippen LogP contribution in [0.25, 0.3) is 10.9 Å². The molecule has 2 nitrogen and oxygen atoms in total. The van der Waals surface area contributed by atoms with Gasteiger partial charge in [0.25, 0.3) is 0 Å². The van der Waals surface area contributed by atoms with E-state index in [2.05, 4.69) is 23.2 Å². The third-order valence-corrected chi connectivity index (χ3v) is 3.49. The van der Waals surface area contributed by atoms with Crippen LogP contribution in [0.5, 0.6) is 5.75 Å². The van der Waals surface area contributed by atoms with Crippen molar-refractivity contribution >= 4 is 25.0 Å². The molecule has 1 N–H and O–H groups in total. The van der Waals surface area contributed by atoms with E-state index in [0.29, 0.717) is 8.81 Å². The van der Waals surface area contributed by atoms with Crippen molar-refractivity contribution in [1.29, 1.82) is 0 Å². The van der Waals surface area contributed by atoms with Crippen LogP contribution in [0, 0.1) is 0 Å². The van der Waals surface area contributed by atoms with Crippen LogP contribution in [0.3, 0.4) is 0 Å². The molecule has 2 aromatic carbocycles. The van der Waals surface area contributed by atoms with E-state index >= 15 is 0 Å². The van der Waals surface area contributed by atoms with Gasteiger partial charge in [0.05, 0.1) is 0 Å². The number of H-pyrrole nitrogens is 1. The van der Waals surface area contributed by atoms with Gasteiger partial charge in [0.1, 0.15) is 14.6 Å². The number of nitrogens with one attached hydrogen (secondary N) is 1. The number of hydrogen-bond donors (Lipinski definition) is 1. The second-order valence-corrected chi connectivity index (χ2v) is 4.75. The molecule has 0 aliphatic rings. The Hall–Kier alpha value is -1.79. The van der Waals surface area contributed by atoms with Crippen molar-refractivity contribution in [2.24, 2.45) is 0 Å². The summed E-state index contributed by atoms with van der Waals surface area (Å²) in [6, 6.07) is 18.4. The molecule has 84 valence electrons. The molecule has 3 heteroatoms. The fourth-order valence-corrected chi connectivity index (χ4v) is 2.47. The molecule has 0 fully saturated rings. The van der Waals surface area contributed by atoms with Crippen molar-refractivity contribution in [3.8, 4) is 5.75 Å². The molecule has 17 heavy (non-hydrogen) atoms. The first kappa shape index (κ1) is 10.4. The average Bonchev–Trinajstić information content (AvgIpc) is 2.81. The van der Waals surface area contributed by atoms with E-state index in [1.165, 1.54) is 5.30 Å². The number of benzene rings is 2. The Labute approximate surface area is 101 Å². The minimum absolute atomic E-state index is 0.342. The summed E-state index contributed by atoms with van der Waals surface area (Å²) in [5.41, 5.74) is 1.11. The van der Waals surface area contributed by atoms with E-state index in [-0.39, 0.29) is 0 Å². The first-order chi connectivity index (χ1) is 8.43. The molecule has 0 saturated carbocycles. The van der Waals surface area contributed by atoms with Gasteiger partial charge in [-0.25, -0.2) is 0 Å². The zero-order valence-corrected chi connectivity index (χ0v) is 10.2. The highest BCUT2D eigenvalue weighted by atomic mass is 31.1. The quantitative estimate of drug-likeness (QED) is 0.698. The van der Waals surface area contributed by atoms with Crippen LogP contribution < -0.4 is 9.83 Å². The van der Waals surface area contributed by atoms with Crippen molar-refractivity contribution in [2.45, 2.75) is 0 Å². The fraction of sp³-hybridized carbons (Fsp3) is 0. The molecule has 1 heterocycles. The molecule has 1 unspecified atom stereocenters. The molecule has 0 radical (unpaired) electrons. The summed E-state index contributed by atoms with van der Waals surface area (Å²) in [7, 11) is 0.342. The highest BCUT2D eigenvalue weighted by Crippen LogP contribution is 2.29. The molecule has 1 atom stereocenters. The van der Waals surface area contributed by atoms with E-state index in [9.17, 15) is 0 Å². The van der Waals surface area contributed by atoms with Crippen LogP contribution in [0.15, 0.2) is 60.8 Å². The van der Waals surface area contributed by atoms with E-state index in [1.807, 2.05) is 42.6 Å². The van der Waals surface area contributed by atoms with Gasteiger partial charge in [0, 0.05) is 22.4 Å². The van der Waals surface area contributed by atoms with Gasteiger partial charge in [0.2, 0.25) is 0 Å². The van der Waals surface area contributed by atoms with Crippen LogP contribution in [-0.2, 0) is 0 Å². The molecular formula is C14H12NOP. The van der Waals surface area contributed by atoms with Crippen LogP contribution in [0.2, 0.25) is 0 Å². The van der Waals surface area contributed by atoms with Crippen LogP contribution in [0.1, 0.15) is 0 Å². The maximum atomic E-state index is 5.84. The molecule has 0 aliphatic heterocycles. The zero-order valence-electron chi connectivity index (χ0n) is 9.18. The first-order valence-electron chi connectivity index (χ1n) is 5.47. The molecular weight excluding hydrogens is 229 g/mol. The number of aromatic amines is 1. The summed E-state index contributed by atoms with van der Waals surface area (Å²) >= 11 is 0. The number of para-hydroxylation sites is 1. The van der Waals surface area contributed by atoms with E-state index in [4.69, 9.17) is 4.52 Å². The van der Waals surface area contributed by atoms with Gasteiger partial charge in [-0.3, -0.25) is 0 Å². The number of rotatable bonds is 3. The van der Waals surface area contributed by atoms with Crippen molar-refractivity contribution in [3.05, 3.63) is 60.8 Å². The normalized spacial score (nSPS) is 11.3. The van der Waals surface area contributed by atoms with Gasteiger partial charge in [-0.05, 0) is 12.1 Å². The Morgan fingerprint density at radius 3 is 2.53 bits per heavy atom. The maximum absolute atomic E-state index is 5.84. The lowest BCUT2D eigenvalue weighted by molar-refractivity contribution is 0.646. The predicted molar refractivity (Wildman–Crippen MR) is 73.3 cm³/mol. The minimum Gasteiger partial charge on any atom is -0.470 e. The average molecular weight is 241 g/mol. The maximum Gasteiger partial charge on any atom is 0.148 e. The van der Waals surface area contributed by atoms with Gasteiger partial charge >= 0.3 is 0 Å². The van der Waals surface area contributed by atoms with Crippen LogP contribution in [-0.4, -0.2) is 4.98 Å². The third kappa shape index (κ3) is 2.17. The first-order valence-corrected chi connectivity index (χ1v) is 6.38. The van der Waals surface area contributed by atoms with Crippen molar-refractivity contribution in [3.63, 3.8) is 0 Å². The lowest BCUT2D eigenvalue weighted by Gasteiger charge is -2.03. The van der Waals surface area contributed by atoms with E-state index in [0.717, 1.165) is 16.7 Å². The van der Waals surface area contributed by atoms with Crippen LogP contribution >= 0.6 is 8.81 Å². The molecule has 0 aliphatic carbocycles. The van der Waals surface area contributed by atoms with E-state index in [1.54, 1.807) is 0 Å². The molecule has 3 aromatic rings. The lowest BCUT2D eigenvalue weighted by atomic mass is 10.2. The number of fused-ring (bicyclic) bond motifs is 1. The standard InChI is InChI=1S/C14H12NOP/c1-2-6-11(7-3-1)17-16-14-10-15-13-9-5-4-8-12(13)14/h1-10,15,17H. The molecule has 0 spiro atoms. The van der Waals surface area contributed by atoms with E-state index < -0.39 is 0 Å². The SMILES string of the molecule is c1ccc(POc2c[nH]c3ccccc23)cc1. The molecule has 3 rings (SSSR count). The number of aromatic nitrogens is 1. The number of hydrogen-bond acceptors (Lipinski definition) is 1. The molecule has 1 aromatic heterocycles. The fourth-order valence-electron chi connectivity index (χ4n) is 1.75. The smallest absolute Gasteiger partial charge is 0.148 e. The highest BCUT2D eigenvalue weighted by molar-refractivity contribution is 7.42. The lowest BCUT2D eigenvalue weighted by Crippen LogP contribution is -1.94. The Kier molecular flexibility index (Phi) is 2.81. The Bertz CT molecular complexity index is 618. The van der Waals surface area contributed by atoms with Crippen molar-refractivity contribution in [2.75, 3.05) is 0 Å². The van der Waals surface area contributed by atoms with Gasteiger partial charge in [-0.15, -0.1) is 0 Å². The predicted octanol–water partition coefficient (Wildman–Crippen LogP) is 3.47. The monoisotopic (exact) mass is 241 g/mol. The summed E-state index contributed by atoms with van der Waals surface area (Å²) in [6.45, 7) is 0. The zero-order chi connectivity index (χ0) is 11.5. The second kappa shape index (κ2) is 4.60. The van der Waals surface area contributed by atoms with Gasteiger partial charge in [-0.2, -0.15) is 0 Å². The third-order valence-electron chi connectivity index (χ3n) is 2.60. The summed E-state index contributed by atoms with van der Waals surface area (Å²) in [5.74, 6) is 0.919. The summed E-state index contributed by atoms with van der Waals surface area (Å²) < 4.78 is 5.84. The van der Waals surface area contributed by atoms with Gasteiger partial charge < -0.3 is 9.51 Å². The second-order valence-electron chi connectivity index (χ2n) is 3.77. The molecule has 0 saturated heterocycles. The largest absolute Gasteiger partial charge is 0.470 e. The van der Waals surface area contributed by atoms with Crippen molar-refractivity contribution < 1.29 is 4.52 Å². The summed E-state index contributed by atoms with van der Waals surface area (Å²) in [6.07, 6.45) is 1.92. The van der Waals surface area contributed by atoms with Crippen molar-refractivity contribution in [1.82, 2.24) is 4.98 Å². The summed E-state index contributed by atoms with van der Waals surface area (Å²) in [5, 5.41) is 2.34. The minimum atomic E-state index is 0.342. The van der Waals surface area contributed by atoms with Crippen LogP contribution in [0.4, 0.5) is 0 Å². The Morgan fingerprint density at radius 1 is 0.882 bits per heavy atom. The topological polar surface area (TPSA) is 25.0 Å². The Morgan fingerprint density at radius 2 is 1.65 bits per heavy atom. The van der Waals surface area contributed by atoms with Gasteiger partial charge in [-0.1, -0.05) is 42.5 Å². The van der Waals surface area contributed by atoms with Gasteiger partial charge in [0.15, 0.2) is 0 Å². The Balaban J connectivity index is 1.82. The molecule has 0 bridgehead atoms.